The van der Waals surface area contributed by atoms with Crippen molar-refractivity contribution in [2.75, 3.05) is 19.6 Å². The van der Waals surface area contributed by atoms with Crippen LogP contribution in [-0.2, 0) is 12.8 Å². The number of aromatic nitrogens is 1. The van der Waals surface area contributed by atoms with E-state index in [1.54, 1.807) is 5.57 Å². The number of nitrogens with zero attached hydrogens (tertiary/aromatic N) is 2. The minimum absolute atomic E-state index is 1.09. The van der Waals surface area contributed by atoms with Gasteiger partial charge < -0.3 is 0 Å². The van der Waals surface area contributed by atoms with E-state index in [0.29, 0.717) is 0 Å². The molecule has 4 rings (SSSR count). The predicted molar refractivity (Wildman–Crippen MR) is 114 cm³/mol. The van der Waals surface area contributed by atoms with Crippen LogP contribution in [0.1, 0.15) is 67.8 Å². The molecule has 0 N–H and O–H groups in total. The molecule has 2 heteroatoms. The number of hydrogen-bond acceptors (Lipinski definition) is 2. The Morgan fingerprint density at radius 2 is 1.78 bits per heavy atom. The molecule has 1 aromatic carbocycles. The highest BCUT2D eigenvalue weighted by molar-refractivity contribution is 5.84. The summed E-state index contributed by atoms with van der Waals surface area (Å²) < 4.78 is 0. The second-order valence-electron chi connectivity index (χ2n) is 8.09. The van der Waals surface area contributed by atoms with Gasteiger partial charge >= 0.3 is 0 Å². The van der Waals surface area contributed by atoms with Crippen LogP contribution in [0.4, 0.5) is 0 Å². The van der Waals surface area contributed by atoms with Gasteiger partial charge in [0.05, 0.1) is 5.69 Å². The van der Waals surface area contributed by atoms with Gasteiger partial charge in [-0.3, -0.25) is 9.88 Å². The maximum Gasteiger partial charge on any atom is 0.0740 e. The normalized spacial score (nSPS) is 20.0. The molecular formula is C25H32N2. The summed E-state index contributed by atoms with van der Waals surface area (Å²) in [6.45, 7) is 5.90. The monoisotopic (exact) mass is 360 g/mol. The SMILES string of the molecule is CCCCCCN1CCC/C(=C2/c3ccccc3CCc3cccnc32)C1. The van der Waals surface area contributed by atoms with Crippen LogP contribution in [0.15, 0.2) is 48.2 Å². The van der Waals surface area contributed by atoms with Crippen LogP contribution in [-0.4, -0.2) is 29.5 Å². The van der Waals surface area contributed by atoms with E-state index in [1.807, 2.05) is 6.20 Å². The van der Waals surface area contributed by atoms with Crippen molar-refractivity contribution in [3.8, 4) is 0 Å². The Morgan fingerprint density at radius 1 is 0.926 bits per heavy atom. The zero-order valence-electron chi connectivity index (χ0n) is 16.7. The van der Waals surface area contributed by atoms with E-state index in [4.69, 9.17) is 4.98 Å². The molecule has 0 bridgehead atoms. The summed E-state index contributed by atoms with van der Waals surface area (Å²) in [5.41, 5.74) is 8.61. The number of hydrogen-bond donors (Lipinski definition) is 0. The van der Waals surface area contributed by atoms with E-state index in [2.05, 4.69) is 48.2 Å². The molecule has 2 aliphatic rings. The first kappa shape index (κ1) is 18.4. The maximum absolute atomic E-state index is 4.87. The minimum Gasteiger partial charge on any atom is -0.299 e. The zero-order valence-corrected chi connectivity index (χ0v) is 16.7. The molecule has 1 fully saturated rings. The van der Waals surface area contributed by atoms with Crippen molar-refractivity contribution in [1.82, 2.24) is 9.88 Å². The number of aryl methyl sites for hydroxylation is 2. The van der Waals surface area contributed by atoms with Gasteiger partial charge in [0.15, 0.2) is 0 Å². The molecule has 1 aliphatic heterocycles. The first-order valence-corrected chi connectivity index (χ1v) is 10.8. The fraction of sp³-hybridized carbons (Fsp3) is 0.480. The van der Waals surface area contributed by atoms with Crippen LogP contribution >= 0.6 is 0 Å². The molecule has 0 spiro atoms. The van der Waals surface area contributed by atoms with Gasteiger partial charge in [0.2, 0.25) is 0 Å². The molecule has 0 radical (unpaired) electrons. The van der Waals surface area contributed by atoms with Crippen molar-refractivity contribution >= 4 is 5.57 Å². The minimum atomic E-state index is 1.09. The van der Waals surface area contributed by atoms with Crippen molar-refractivity contribution < 1.29 is 0 Å². The number of pyridine rings is 1. The van der Waals surface area contributed by atoms with Crippen LogP contribution in [0.25, 0.3) is 5.57 Å². The van der Waals surface area contributed by atoms with Crippen LogP contribution in [0, 0.1) is 0 Å². The Hall–Kier alpha value is -1.93. The number of unbranched alkanes of at least 4 members (excludes halogenated alkanes) is 3. The van der Waals surface area contributed by atoms with Gasteiger partial charge in [-0.25, -0.2) is 0 Å². The molecule has 1 aliphatic carbocycles. The van der Waals surface area contributed by atoms with Crippen molar-refractivity contribution in [1.29, 1.82) is 0 Å². The lowest BCUT2D eigenvalue weighted by molar-refractivity contribution is 0.260. The fourth-order valence-electron chi connectivity index (χ4n) is 4.70. The molecular weight excluding hydrogens is 328 g/mol. The van der Waals surface area contributed by atoms with E-state index >= 15 is 0 Å². The van der Waals surface area contributed by atoms with Gasteiger partial charge in [-0.2, -0.15) is 0 Å². The molecule has 0 saturated carbocycles. The van der Waals surface area contributed by atoms with Gasteiger partial charge in [0.1, 0.15) is 0 Å². The summed E-state index contributed by atoms with van der Waals surface area (Å²) in [7, 11) is 0. The van der Waals surface area contributed by atoms with E-state index in [9.17, 15) is 0 Å². The largest absolute Gasteiger partial charge is 0.299 e. The highest BCUT2D eigenvalue weighted by Gasteiger charge is 2.24. The number of benzene rings is 1. The topological polar surface area (TPSA) is 16.1 Å². The second kappa shape index (κ2) is 8.84. The smallest absolute Gasteiger partial charge is 0.0740 e. The number of likely N-dealkylation sites (tertiary alicyclic amines) is 1. The third-order valence-electron chi connectivity index (χ3n) is 6.13. The van der Waals surface area contributed by atoms with E-state index < -0.39 is 0 Å². The average molecular weight is 361 g/mol. The Kier molecular flexibility index (Phi) is 6.03. The third-order valence-corrected chi connectivity index (χ3v) is 6.13. The quantitative estimate of drug-likeness (QED) is 0.640. The summed E-state index contributed by atoms with van der Waals surface area (Å²) >= 11 is 0. The standard InChI is InChI=1S/C25H32N2/c1-2-3-4-7-17-27-18-9-12-22(19-27)24-23-13-6-5-10-20(23)14-15-21-11-8-16-26-25(21)24/h5-6,8,10-11,13,16H,2-4,7,9,12,14-15,17-19H2,1H3/b24-22+. The maximum atomic E-state index is 4.87. The Balaban J connectivity index is 1.68. The molecule has 0 unspecified atom stereocenters. The first-order valence-electron chi connectivity index (χ1n) is 10.8. The average Bonchev–Trinajstić information content (AvgIpc) is 2.88. The van der Waals surface area contributed by atoms with Gasteiger partial charge in [-0.1, -0.05) is 56.5 Å². The van der Waals surface area contributed by atoms with Gasteiger partial charge in [-0.15, -0.1) is 0 Å². The molecule has 27 heavy (non-hydrogen) atoms. The molecule has 0 amide bonds. The Bertz CT molecular complexity index is 756. The summed E-state index contributed by atoms with van der Waals surface area (Å²) in [5.74, 6) is 0. The Labute approximate surface area is 164 Å². The van der Waals surface area contributed by atoms with Crippen molar-refractivity contribution in [2.45, 2.75) is 58.3 Å². The summed E-state index contributed by atoms with van der Waals surface area (Å²) in [4.78, 5) is 7.55. The fourth-order valence-corrected chi connectivity index (χ4v) is 4.70. The van der Waals surface area contributed by atoms with E-state index in [1.165, 1.54) is 79.6 Å². The van der Waals surface area contributed by atoms with Crippen LogP contribution in [0.3, 0.4) is 0 Å². The highest BCUT2D eigenvalue weighted by atomic mass is 15.1. The van der Waals surface area contributed by atoms with Crippen molar-refractivity contribution in [2.24, 2.45) is 0 Å². The molecule has 1 aromatic heterocycles. The summed E-state index contributed by atoms with van der Waals surface area (Å²) in [5, 5.41) is 0. The van der Waals surface area contributed by atoms with Crippen LogP contribution < -0.4 is 0 Å². The highest BCUT2D eigenvalue weighted by Crippen LogP contribution is 2.37. The van der Waals surface area contributed by atoms with E-state index in [0.717, 1.165) is 19.4 Å². The van der Waals surface area contributed by atoms with Gasteiger partial charge in [0, 0.05) is 18.3 Å². The zero-order chi connectivity index (χ0) is 18.5. The summed E-state index contributed by atoms with van der Waals surface area (Å²) in [6.07, 6.45) is 12.1. The van der Waals surface area contributed by atoms with Gasteiger partial charge in [0.25, 0.3) is 0 Å². The molecule has 0 atom stereocenters. The van der Waals surface area contributed by atoms with E-state index in [-0.39, 0.29) is 0 Å². The number of rotatable bonds is 5. The molecule has 2 heterocycles. The molecule has 2 aromatic rings. The van der Waals surface area contributed by atoms with Crippen molar-refractivity contribution in [3.63, 3.8) is 0 Å². The lowest BCUT2D eigenvalue weighted by atomic mass is 9.89. The van der Waals surface area contributed by atoms with Crippen LogP contribution in [0.2, 0.25) is 0 Å². The first-order chi connectivity index (χ1) is 13.4. The van der Waals surface area contributed by atoms with Gasteiger partial charge in [-0.05, 0) is 73.5 Å². The summed E-state index contributed by atoms with van der Waals surface area (Å²) in [6, 6.07) is 13.4. The lowest BCUT2D eigenvalue weighted by Crippen LogP contribution is -2.32. The third kappa shape index (κ3) is 4.16. The molecule has 2 nitrogen and oxygen atoms in total. The van der Waals surface area contributed by atoms with Crippen LogP contribution in [0.5, 0.6) is 0 Å². The number of piperidine rings is 1. The Morgan fingerprint density at radius 3 is 2.70 bits per heavy atom. The molecule has 142 valence electrons. The second-order valence-corrected chi connectivity index (χ2v) is 8.09. The molecule has 1 saturated heterocycles. The predicted octanol–water partition coefficient (Wildman–Crippen LogP) is 5.66. The van der Waals surface area contributed by atoms with Crippen molar-refractivity contribution in [3.05, 3.63) is 70.6 Å². The lowest BCUT2D eigenvalue weighted by Gasteiger charge is -2.31. The number of fused-ring (bicyclic) bond motifs is 2.